The standard InChI is InChI=1S/C47H67N5O5/c1-28(2)38-32(53)24-47(25-36-50-51-40(52(36)23-22-48)30-12-10-29(27-49)11-13-30)21-20-45(8)31(39(38)47)14-15-34-44(7)18-17-35(57-37(54)26-42(3,4)41(55)56)43(5,6)33(44)16-19-46(34,45)9/h10-12,28,30-31,33-35H,13-26,48H2,1-9H3,(H,55,56)/t30?,31-,33?,34?,35+,44+,45-,46-,47+/m1/s1. The Morgan fingerprint density at radius 3 is 2.40 bits per heavy atom. The maximum absolute atomic E-state index is 14.3. The van der Waals surface area contributed by atoms with Crippen LogP contribution >= 0.6 is 0 Å². The third-order valence-electron chi connectivity index (χ3n) is 17.2. The predicted molar refractivity (Wildman–Crippen MR) is 218 cm³/mol. The van der Waals surface area contributed by atoms with Crippen LogP contribution in [0, 0.1) is 67.5 Å². The molecule has 1 heterocycles. The van der Waals surface area contributed by atoms with Crippen molar-refractivity contribution in [1.29, 1.82) is 5.26 Å². The van der Waals surface area contributed by atoms with Crippen LogP contribution < -0.4 is 5.73 Å². The van der Waals surface area contributed by atoms with E-state index in [4.69, 9.17) is 20.7 Å². The van der Waals surface area contributed by atoms with Crippen LogP contribution in [-0.4, -0.2) is 50.2 Å². The fraction of sp³-hybridized carbons (Fsp3) is 0.745. The quantitative estimate of drug-likeness (QED) is 0.221. The van der Waals surface area contributed by atoms with Crippen molar-refractivity contribution in [2.24, 2.45) is 61.9 Å². The summed E-state index contributed by atoms with van der Waals surface area (Å²) >= 11 is 0. The molecule has 1 aromatic rings. The van der Waals surface area contributed by atoms with E-state index in [-0.39, 0.29) is 51.4 Å². The maximum atomic E-state index is 14.3. The normalized spacial score (nSPS) is 37.1. The minimum atomic E-state index is -1.17. The number of Topliss-reactive ketones (excluding diaryl/α,β-unsaturated/α-hetero) is 1. The van der Waals surface area contributed by atoms with E-state index in [9.17, 15) is 24.8 Å². The number of carboxylic acids is 1. The van der Waals surface area contributed by atoms with E-state index in [1.165, 1.54) is 5.57 Å². The van der Waals surface area contributed by atoms with Gasteiger partial charge in [0, 0.05) is 48.3 Å². The van der Waals surface area contributed by atoms with Gasteiger partial charge in [-0.15, -0.1) is 10.2 Å². The average Bonchev–Trinajstić information content (AvgIpc) is 3.66. The van der Waals surface area contributed by atoms with E-state index in [0.29, 0.717) is 61.5 Å². The van der Waals surface area contributed by atoms with Crippen LogP contribution in [-0.2, 0) is 32.1 Å². The second kappa shape index (κ2) is 14.3. The first-order valence-electron chi connectivity index (χ1n) is 21.8. The molecule has 10 nitrogen and oxygen atoms in total. The lowest BCUT2D eigenvalue weighted by Crippen LogP contribution is -2.65. The van der Waals surface area contributed by atoms with Crippen LogP contribution in [0.3, 0.4) is 0 Å². The van der Waals surface area contributed by atoms with Crippen molar-refractivity contribution in [3.63, 3.8) is 0 Å². The van der Waals surface area contributed by atoms with Crippen LogP contribution in [0.2, 0.25) is 0 Å². The van der Waals surface area contributed by atoms with Crippen molar-refractivity contribution in [2.75, 3.05) is 6.54 Å². The highest BCUT2D eigenvalue weighted by Gasteiger charge is 2.70. The topological polar surface area (TPSA) is 161 Å². The lowest BCUT2D eigenvalue weighted by atomic mass is 9.33. The fourth-order valence-corrected chi connectivity index (χ4v) is 14.1. The molecule has 3 N–H and O–H groups in total. The number of nitriles is 1. The molecule has 4 saturated carbocycles. The Kier molecular flexibility index (Phi) is 10.4. The van der Waals surface area contributed by atoms with Crippen molar-refractivity contribution in [1.82, 2.24) is 14.8 Å². The van der Waals surface area contributed by atoms with E-state index >= 15 is 0 Å². The lowest BCUT2D eigenvalue weighted by Gasteiger charge is -2.72. The Hall–Kier alpha value is -3.58. The minimum absolute atomic E-state index is 0.0110. The Balaban J connectivity index is 1.19. The summed E-state index contributed by atoms with van der Waals surface area (Å²) in [5, 5.41) is 28.7. The number of esters is 1. The van der Waals surface area contributed by atoms with E-state index < -0.39 is 17.4 Å². The number of carbonyl (C=O) groups is 3. The lowest BCUT2D eigenvalue weighted by molar-refractivity contribution is -0.233. The summed E-state index contributed by atoms with van der Waals surface area (Å²) in [5.74, 6) is 2.03. The summed E-state index contributed by atoms with van der Waals surface area (Å²) < 4.78 is 8.41. The molecule has 6 aliphatic carbocycles. The number of carboxylic acid groups (broad SMARTS) is 1. The molecule has 57 heavy (non-hydrogen) atoms. The molecule has 1 aromatic heterocycles. The van der Waals surface area contributed by atoms with Gasteiger partial charge >= 0.3 is 11.9 Å². The van der Waals surface area contributed by atoms with Gasteiger partial charge < -0.3 is 20.1 Å². The molecule has 3 unspecified atom stereocenters. The Bertz CT molecular complexity index is 1960. The van der Waals surface area contributed by atoms with Gasteiger partial charge in [0.2, 0.25) is 0 Å². The van der Waals surface area contributed by atoms with Crippen molar-refractivity contribution < 1.29 is 24.2 Å². The summed E-state index contributed by atoms with van der Waals surface area (Å²) in [6, 6.07) is 2.24. The SMILES string of the molecule is CC(C)C1=C2[C@H]3CCC4[C@@]5(C)CC[C@H](OC(=O)CC(C)(C)C(=O)O)C(C)(C)C5CC[C@@]4(C)[C@]3(C)CC[C@@]2(Cc2nnc(C3C=CC(C#N)=CC3)n2CCN)CC1=O. The smallest absolute Gasteiger partial charge is 0.309 e. The second-order valence-corrected chi connectivity index (χ2v) is 21.2. The molecular formula is C47H67N5O5. The molecule has 10 heteroatoms. The monoisotopic (exact) mass is 782 g/mol. The number of ether oxygens (including phenoxy) is 1. The first-order valence-corrected chi connectivity index (χ1v) is 21.8. The van der Waals surface area contributed by atoms with E-state index in [1.54, 1.807) is 13.8 Å². The number of fused-ring (bicyclic) bond motifs is 7. The van der Waals surface area contributed by atoms with Crippen LogP contribution in [0.15, 0.2) is 34.9 Å². The molecule has 6 aliphatic rings. The number of aliphatic carboxylic acids is 1. The molecular weight excluding hydrogens is 715 g/mol. The zero-order valence-electron chi connectivity index (χ0n) is 36.0. The molecule has 4 fully saturated rings. The van der Waals surface area contributed by atoms with Gasteiger partial charge in [0.25, 0.3) is 0 Å². The molecule has 0 aliphatic heterocycles. The van der Waals surface area contributed by atoms with Gasteiger partial charge in [0.05, 0.1) is 17.9 Å². The van der Waals surface area contributed by atoms with E-state index in [0.717, 1.165) is 68.6 Å². The van der Waals surface area contributed by atoms with Gasteiger partial charge in [-0.2, -0.15) is 5.26 Å². The van der Waals surface area contributed by atoms with Gasteiger partial charge in [-0.1, -0.05) is 66.2 Å². The van der Waals surface area contributed by atoms with Crippen molar-refractivity contribution in [3.05, 3.63) is 46.6 Å². The number of hydrogen-bond acceptors (Lipinski definition) is 8. The van der Waals surface area contributed by atoms with Crippen molar-refractivity contribution in [2.45, 2.75) is 158 Å². The molecule has 0 aromatic carbocycles. The highest BCUT2D eigenvalue weighted by atomic mass is 16.5. The maximum Gasteiger partial charge on any atom is 0.309 e. The number of aromatic nitrogens is 3. The number of nitrogens with two attached hydrogens (primary N) is 1. The van der Waals surface area contributed by atoms with Gasteiger partial charge in [0.15, 0.2) is 5.78 Å². The number of ketones is 1. The summed E-state index contributed by atoms with van der Waals surface area (Å²) in [5.41, 5.74) is 7.80. The highest BCUT2D eigenvalue weighted by molar-refractivity contribution is 6.00. The van der Waals surface area contributed by atoms with Crippen LogP contribution in [0.4, 0.5) is 0 Å². The molecule has 0 bridgehead atoms. The molecule has 310 valence electrons. The molecule has 7 rings (SSSR count). The first kappa shape index (κ1) is 41.6. The predicted octanol–water partition coefficient (Wildman–Crippen LogP) is 8.67. The van der Waals surface area contributed by atoms with E-state index in [1.807, 2.05) is 12.2 Å². The van der Waals surface area contributed by atoms with Gasteiger partial charge in [-0.05, 0) is 123 Å². The summed E-state index contributed by atoms with van der Waals surface area (Å²) in [7, 11) is 0. The summed E-state index contributed by atoms with van der Waals surface area (Å²) in [4.78, 5) is 39.3. The van der Waals surface area contributed by atoms with Gasteiger partial charge in [-0.25, -0.2) is 0 Å². The third-order valence-corrected chi connectivity index (χ3v) is 17.2. The summed E-state index contributed by atoms with van der Waals surface area (Å²) in [6.07, 6.45) is 15.5. The van der Waals surface area contributed by atoms with Gasteiger partial charge in [-0.3, -0.25) is 14.4 Å². The molecule has 0 amide bonds. The van der Waals surface area contributed by atoms with Crippen LogP contribution in [0.5, 0.6) is 0 Å². The van der Waals surface area contributed by atoms with Crippen LogP contribution in [0.25, 0.3) is 0 Å². The number of carbonyl (C=O) groups excluding carboxylic acids is 2. The minimum Gasteiger partial charge on any atom is -0.481 e. The molecule has 0 saturated heterocycles. The molecule has 0 radical (unpaired) electrons. The number of hydrogen-bond donors (Lipinski definition) is 2. The number of rotatable bonds is 10. The first-order chi connectivity index (χ1) is 26.7. The number of allylic oxidation sites excluding steroid dienone is 6. The van der Waals surface area contributed by atoms with Crippen molar-refractivity contribution >= 4 is 17.7 Å². The van der Waals surface area contributed by atoms with Crippen molar-refractivity contribution in [3.8, 4) is 6.07 Å². The Morgan fingerprint density at radius 2 is 1.77 bits per heavy atom. The van der Waals surface area contributed by atoms with E-state index in [2.05, 4.69) is 65.2 Å². The zero-order chi connectivity index (χ0) is 41.5. The average molecular weight is 782 g/mol. The Morgan fingerprint density at radius 1 is 1.04 bits per heavy atom. The molecule has 0 spiro atoms. The summed E-state index contributed by atoms with van der Waals surface area (Å²) in [6.45, 7) is 20.9. The molecule has 9 atom stereocenters. The largest absolute Gasteiger partial charge is 0.481 e. The third kappa shape index (κ3) is 6.39. The number of nitrogens with zero attached hydrogens (tertiary/aromatic N) is 4. The van der Waals surface area contributed by atoms with Gasteiger partial charge in [0.1, 0.15) is 17.8 Å². The Labute approximate surface area is 340 Å². The second-order valence-electron chi connectivity index (χ2n) is 21.2. The fourth-order valence-electron chi connectivity index (χ4n) is 14.1. The highest BCUT2D eigenvalue weighted by Crippen LogP contribution is 2.77. The zero-order valence-corrected chi connectivity index (χ0v) is 36.0. The van der Waals surface area contributed by atoms with Crippen LogP contribution in [0.1, 0.15) is 151 Å².